The predicted molar refractivity (Wildman–Crippen MR) is 226 cm³/mol. The zero-order valence-electron chi connectivity index (χ0n) is 31.6. The van der Waals surface area contributed by atoms with Crippen LogP contribution in [0.4, 0.5) is 0 Å². The first kappa shape index (κ1) is 30.8. The number of allylic oxidation sites excluding steroid dienone is 1. The van der Waals surface area contributed by atoms with Gasteiger partial charge in [0, 0.05) is 37.8 Å². The number of para-hydroxylation sites is 3. The molecule has 0 saturated carbocycles. The Morgan fingerprint density at radius 3 is 1.61 bits per heavy atom. The second kappa shape index (κ2) is 10.2. The van der Waals surface area contributed by atoms with Gasteiger partial charge in [-0.1, -0.05) is 101 Å². The summed E-state index contributed by atoms with van der Waals surface area (Å²) in [6.45, 7) is 9.63. The van der Waals surface area contributed by atoms with E-state index in [0.717, 1.165) is 96.1 Å². The maximum absolute atomic E-state index is 6.82. The van der Waals surface area contributed by atoms with Crippen LogP contribution in [0.25, 0.3) is 106 Å². The molecule has 4 aromatic heterocycles. The zero-order chi connectivity index (χ0) is 37.2. The average molecular weight is 725 g/mol. The molecule has 13 rings (SSSR count). The molecule has 56 heavy (non-hydrogen) atoms. The lowest BCUT2D eigenvalue weighted by Crippen LogP contribution is -2.24. The minimum atomic E-state index is -0.338. The van der Waals surface area contributed by atoms with E-state index in [-0.39, 0.29) is 10.8 Å². The highest BCUT2D eigenvalue weighted by atomic mass is 16.4. The number of aryl methyl sites for hydroxylation is 1. The minimum absolute atomic E-state index is 0.331. The molecule has 0 amide bonds. The van der Waals surface area contributed by atoms with Gasteiger partial charge in [-0.2, -0.15) is 0 Å². The number of rotatable bonds is 2. The number of hydrogen-bond donors (Lipinski definition) is 0. The van der Waals surface area contributed by atoms with Crippen LogP contribution in [0.1, 0.15) is 67.7 Å². The van der Waals surface area contributed by atoms with Crippen LogP contribution in [0, 0.1) is 0 Å². The summed E-state index contributed by atoms with van der Waals surface area (Å²) in [4.78, 5) is 0. The van der Waals surface area contributed by atoms with Crippen molar-refractivity contribution >= 4 is 60.9 Å². The van der Waals surface area contributed by atoms with Crippen molar-refractivity contribution in [3.63, 3.8) is 0 Å². The van der Waals surface area contributed by atoms with Crippen molar-refractivity contribution < 1.29 is 17.7 Å². The molecule has 10 aromatic rings. The summed E-state index contributed by atoms with van der Waals surface area (Å²) in [5.74, 6) is 2.64. The van der Waals surface area contributed by atoms with Gasteiger partial charge in [0.05, 0.1) is 11.1 Å². The second-order valence-corrected chi connectivity index (χ2v) is 17.0. The van der Waals surface area contributed by atoms with Crippen molar-refractivity contribution in [1.82, 2.24) is 0 Å². The van der Waals surface area contributed by atoms with Crippen LogP contribution in [0.2, 0.25) is 0 Å². The molecule has 0 radical (unpaired) electrons. The number of benzene rings is 6. The standard InChI is InChI=1S/C52H36O4/c1-51(2)35-25-33(41-23-27-13-5-9-17-37(27)53-41)49-45(29-15-7-11-19-39(29)55-49)43(35)31-21-22-32-44-36(52(3,4)48(32)47(31)51)26-34(42-24-28-14-6-10-18-38(28)54-42)50-46(44)30-16-8-12-20-40(30)56-50/h5,7-13,15-26H,6,14H2,1-4H3. The third-order valence-corrected chi connectivity index (χ3v) is 13.3. The van der Waals surface area contributed by atoms with Crippen LogP contribution < -0.4 is 0 Å². The number of fused-ring (bicyclic) bond motifs is 17. The summed E-state index contributed by atoms with van der Waals surface area (Å²) in [5, 5.41) is 5.64. The summed E-state index contributed by atoms with van der Waals surface area (Å²) in [6, 6.07) is 39.0. The Bertz CT molecular complexity index is 3390. The topological polar surface area (TPSA) is 52.6 Å². The molecule has 0 aliphatic heterocycles. The third-order valence-electron chi connectivity index (χ3n) is 13.3. The highest BCUT2D eigenvalue weighted by molar-refractivity contribution is 6.21. The van der Waals surface area contributed by atoms with Crippen LogP contribution >= 0.6 is 0 Å². The van der Waals surface area contributed by atoms with E-state index in [2.05, 4.69) is 137 Å². The van der Waals surface area contributed by atoms with E-state index in [0.29, 0.717) is 0 Å². The van der Waals surface area contributed by atoms with E-state index in [4.69, 9.17) is 17.7 Å². The van der Waals surface area contributed by atoms with E-state index in [1.807, 2.05) is 12.1 Å². The van der Waals surface area contributed by atoms with Crippen molar-refractivity contribution in [2.75, 3.05) is 0 Å². The molecule has 0 N–H and O–H groups in total. The average Bonchev–Trinajstić information content (AvgIpc) is 4.05. The molecule has 0 fully saturated rings. The fourth-order valence-corrected chi connectivity index (χ4v) is 10.8. The first-order valence-electron chi connectivity index (χ1n) is 19.7. The van der Waals surface area contributed by atoms with Crippen LogP contribution in [0.15, 0.2) is 133 Å². The van der Waals surface area contributed by atoms with E-state index in [9.17, 15) is 0 Å². The molecule has 4 nitrogen and oxygen atoms in total. The van der Waals surface area contributed by atoms with Crippen molar-refractivity contribution in [3.05, 3.63) is 149 Å². The molecule has 0 unspecified atom stereocenters. The Morgan fingerprint density at radius 2 is 1.04 bits per heavy atom. The Hall–Kier alpha value is -6.52. The van der Waals surface area contributed by atoms with Crippen LogP contribution in [0.5, 0.6) is 0 Å². The quantitative estimate of drug-likeness (QED) is 0.178. The van der Waals surface area contributed by atoms with Gasteiger partial charge in [-0.15, -0.1) is 0 Å². The predicted octanol–water partition coefficient (Wildman–Crippen LogP) is 14.7. The first-order chi connectivity index (χ1) is 27.3. The summed E-state index contributed by atoms with van der Waals surface area (Å²) < 4.78 is 26.8. The van der Waals surface area contributed by atoms with Crippen molar-refractivity contribution in [2.45, 2.75) is 51.4 Å². The Kier molecular flexibility index (Phi) is 5.61. The Morgan fingerprint density at radius 1 is 0.500 bits per heavy atom. The molecular formula is C52H36O4. The first-order valence-corrected chi connectivity index (χ1v) is 19.7. The number of hydrogen-bond acceptors (Lipinski definition) is 4. The van der Waals surface area contributed by atoms with E-state index >= 15 is 0 Å². The van der Waals surface area contributed by atoms with E-state index in [1.165, 1.54) is 50.1 Å². The molecule has 0 atom stereocenters. The van der Waals surface area contributed by atoms with Gasteiger partial charge in [-0.25, -0.2) is 0 Å². The summed E-state index contributed by atoms with van der Waals surface area (Å²) in [5.41, 5.74) is 17.4. The van der Waals surface area contributed by atoms with Gasteiger partial charge in [0.2, 0.25) is 0 Å². The van der Waals surface area contributed by atoms with Gasteiger partial charge in [0.25, 0.3) is 0 Å². The van der Waals surface area contributed by atoms with Crippen molar-refractivity contribution in [1.29, 1.82) is 0 Å². The van der Waals surface area contributed by atoms with Crippen LogP contribution in [0.3, 0.4) is 0 Å². The summed E-state index contributed by atoms with van der Waals surface area (Å²) in [7, 11) is 0. The molecular weight excluding hydrogens is 689 g/mol. The maximum atomic E-state index is 6.82. The van der Waals surface area contributed by atoms with Crippen molar-refractivity contribution in [2.24, 2.45) is 0 Å². The van der Waals surface area contributed by atoms with Gasteiger partial charge < -0.3 is 17.7 Å². The molecule has 3 aliphatic carbocycles. The monoisotopic (exact) mass is 724 g/mol. The minimum Gasteiger partial charge on any atom is -0.456 e. The van der Waals surface area contributed by atoms with Gasteiger partial charge >= 0.3 is 0 Å². The van der Waals surface area contributed by atoms with Gasteiger partial charge in [0.15, 0.2) is 0 Å². The zero-order valence-corrected chi connectivity index (χ0v) is 31.6. The lowest BCUT2D eigenvalue weighted by Gasteiger charge is -2.31. The maximum Gasteiger partial charge on any atom is 0.147 e. The molecule has 4 heteroatoms. The lowest BCUT2D eigenvalue weighted by molar-refractivity contribution is 0.563. The third kappa shape index (κ3) is 3.70. The summed E-state index contributed by atoms with van der Waals surface area (Å²) >= 11 is 0. The normalized spacial score (nSPS) is 15.9. The fourth-order valence-electron chi connectivity index (χ4n) is 10.8. The van der Waals surface area contributed by atoms with Crippen LogP contribution in [-0.2, 0) is 17.3 Å². The molecule has 0 bridgehead atoms. The molecule has 0 saturated heterocycles. The van der Waals surface area contributed by atoms with Crippen molar-refractivity contribution in [3.8, 4) is 44.9 Å². The van der Waals surface area contributed by atoms with E-state index in [1.54, 1.807) is 0 Å². The van der Waals surface area contributed by atoms with Crippen LogP contribution in [-0.4, -0.2) is 0 Å². The van der Waals surface area contributed by atoms with E-state index < -0.39 is 0 Å². The molecule has 4 heterocycles. The highest BCUT2D eigenvalue weighted by Crippen LogP contribution is 2.63. The molecule has 3 aliphatic rings. The largest absolute Gasteiger partial charge is 0.456 e. The smallest absolute Gasteiger partial charge is 0.147 e. The number of furan rings is 4. The fraction of sp³-hybridized carbons (Fsp3) is 0.154. The highest BCUT2D eigenvalue weighted by Gasteiger charge is 2.48. The molecule has 0 spiro atoms. The SMILES string of the molecule is CC1(C)c2cc(-c3cc4c(o3)C=CCC4)c3oc4ccccc4c3c2-c2ccc3c(c21)C(C)(C)c1cc(-c2cc4ccccc4o2)c2oc4ccccc4c2c1-3. The molecule has 268 valence electrons. The Labute approximate surface area is 322 Å². The Balaban J connectivity index is 1.11. The summed E-state index contributed by atoms with van der Waals surface area (Å²) in [6.07, 6.45) is 6.34. The second-order valence-electron chi connectivity index (χ2n) is 17.0. The van der Waals surface area contributed by atoms with Gasteiger partial charge in [-0.3, -0.25) is 0 Å². The van der Waals surface area contributed by atoms with Gasteiger partial charge in [-0.05, 0) is 111 Å². The lowest BCUT2D eigenvalue weighted by atomic mass is 9.72. The van der Waals surface area contributed by atoms with Gasteiger partial charge in [0.1, 0.15) is 45.2 Å². The molecule has 6 aromatic carbocycles.